The summed E-state index contributed by atoms with van der Waals surface area (Å²) in [5.74, 6) is -13.4. The molecule has 1 rings (SSSR count). The maximum Gasteiger partial charge on any atom is 0.436 e. The first-order valence-electron chi connectivity index (χ1n) is 3.53. The molecule has 9 heteroatoms. The van der Waals surface area contributed by atoms with Crippen LogP contribution in [0.25, 0.3) is 0 Å². The summed E-state index contributed by atoms with van der Waals surface area (Å²) >= 11 is 0. The molecular weight excluding hydrogens is 241 g/mol. The molecular formula is C7H2F5NO3. The maximum absolute atomic E-state index is 12.8. The Morgan fingerprint density at radius 3 is 1.69 bits per heavy atom. The summed E-state index contributed by atoms with van der Waals surface area (Å²) in [6.45, 7) is 0. The zero-order valence-corrected chi connectivity index (χ0v) is 7.15. The Kier molecular flexibility index (Phi) is 3.28. The van der Waals surface area contributed by atoms with E-state index < -0.39 is 40.9 Å². The van der Waals surface area contributed by atoms with Crippen molar-refractivity contribution < 1.29 is 36.7 Å². The highest BCUT2D eigenvalue weighted by Crippen LogP contribution is 2.28. The summed E-state index contributed by atoms with van der Waals surface area (Å²) < 4.78 is 66.8. The molecule has 88 valence electrons. The fourth-order valence-electron chi connectivity index (χ4n) is 0.790. The molecule has 4 nitrogen and oxygen atoms in total. The minimum atomic E-state index is -2.38. The molecule has 1 aromatic rings. The van der Waals surface area contributed by atoms with Crippen LogP contribution in [0.5, 0.6) is 5.75 Å². The van der Waals surface area contributed by atoms with Crippen LogP contribution in [0.2, 0.25) is 0 Å². The van der Waals surface area contributed by atoms with Crippen LogP contribution in [0.4, 0.5) is 26.7 Å². The van der Waals surface area contributed by atoms with E-state index in [1.807, 2.05) is 0 Å². The van der Waals surface area contributed by atoms with Crippen molar-refractivity contribution in [1.82, 2.24) is 5.48 Å². The molecule has 0 bridgehead atoms. The van der Waals surface area contributed by atoms with Crippen LogP contribution < -0.4 is 10.2 Å². The molecule has 0 saturated heterocycles. The van der Waals surface area contributed by atoms with Gasteiger partial charge in [-0.25, -0.2) is 23.4 Å². The van der Waals surface area contributed by atoms with Gasteiger partial charge in [-0.1, -0.05) is 0 Å². The number of hydrogen-bond acceptors (Lipinski definition) is 3. The second-order valence-corrected chi connectivity index (χ2v) is 2.40. The van der Waals surface area contributed by atoms with Gasteiger partial charge in [0.05, 0.1) is 0 Å². The fourth-order valence-corrected chi connectivity index (χ4v) is 0.790. The number of carbonyl (C=O) groups is 1. The Hall–Kier alpha value is -1.90. The quantitative estimate of drug-likeness (QED) is 0.260. The lowest BCUT2D eigenvalue weighted by Gasteiger charge is -2.07. The highest BCUT2D eigenvalue weighted by molar-refractivity contribution is 5.69. The lowest BCUT2D eigenvalue weighted by atomic mass is 10.3. The summed E-state index contributed by atoms with van der Waals surface area (Å²) in [7, 11) is 0. The minimum absolute atomic E-state index is 0.788. The molecule has 0 atom stereocenters. The van der Waals surface area contributed by atoms with Crippen molar-refractivity contribution in [1.29, 1.82) is 0 Å². The third kappa shape index (κ3) is 1.89. The van der Waals surface area contributed by atoms with Gasteiger partial charge in [0.2, 0.25) is 34.8 Å². The summed E-state index contributed by atoms with van der Waals surface area (Å²) in [6.07, 6.45) is -1.80. The van der Waals surface area contributed by atoms with Crippen molar-refractivity contribution >= 4 is 6.09 Å². The molecule has 0 unspecified atom stereocenters. The molecule has 0 aliphatic rings. The average Bonchev–Trinajstić information content (AvgIpc) is 2.29. The lowest BCUT2D eigenvalue weighted by Crippen LogP contribution is -2.24. The van der Waals surface area contributed by atoms with Crippen LogP contribution in [-0.2, 0) is 0 Å². The number of ether oxygens (including phenoxy) is 1. The Morgan fingerprint density at radius 1 is 0.938 bits per heavy atom. The van der Waals surface area contributed by atoms with E-state index in [0.717, 1.165) is 5.48 Å². The first-order chi connectivity index (χ1) is 7.40. The number of amides is 1. The van der Waals surface area contributed by atoms with Gasteiger partial charge in [0, 0.05) is 0 Å². The van der Waals surface area contributed by atoms with E-state index >= 15 is 0 Å². The number of benzene rings is 1. The third-order valence-electron chi connectivity index (χ3n) is 1.46. The number of rotatable bonds is 1. The Balaban J connectivity index is 3.34. The van der Waals surface area contributed by atoms with E-state index in [9.17, 15) is 26.7 Å². The Morgan fingerprint density at radius 2 is 1.31 bits per heavy atom. The van der Waals surface area contributed by atoms with Crippen LogP contribution in [0.1, 0.15) is 0 Å². The van der Waals surface area contributed by atoms with Gasteiger partial charge >= 0.3 is 6.09 Å². The molecule has 0 radical (unpaired) electrons. The summed E-state index contributed by atoms with van der Waals surface area (Å²) in [5.41, 5.74) is 0.788. The van der Waals surface area contributed by atoms with Gasteiger partial charge in [0.15, 0.2) is 0 Å². The van der Waals surface area contributed by atoms with Gasteiger partial charge in [-0.3, -0.25) is 5.21 Å². The van der Waals surface area contributed by atoms with Crippen LogP contribution in [0.3, 0.4) is 0 Å². The van der Waals surface area contributed by atoms with Crippen molar-refractivity contribution in [2.75, 3.05) is 0 Å². The fraction of sp³-hybridized carbons (Fsp3) is 0. The molecule has 16 heavy (non-hydrogen) atoms. The zero-order chi connectivity index (χ0) is 12.5. The van der Waals surface area contributed by atoms with E-state index in [1.54, 1.807) is 0 Å². The van der Waals surface area contributed by atoms with Gasteiger partial charge in [0.1, 0.15) is 0 Å². The Bertz CT molecular complexity index is 421. The molecule has 0 spiro atoms. The van der Waals surface area contributed by atoms with Gasteiger partial charge in [-0.15, -0.1) is 0 Å². The molecule has 0 aromatic heterocycles. The van der Waals surface area contributed by atoms with Gasteiger partial charge in [-0.2, -0.15) is 8.78 Å². The molecule has 0 aliphatic carbocycles. The van der Waals surface area contributed by atoms with Crippen molar-refractivity contribution in [3.63, 3.8) is 0 Å². The molecule has 1 amide bonds. The molecule has 0 saturated carbocycles. The normalized spacial score (nSPS) is 10.1. The predicted octanol–water partition coefficient (Wildman–Crippen LogP) is 1.86. The zero-order valence-electron chi connectivity index (χ0n) is 7.15. The molecule has 0 heterocycles. The number of carbonyl (C=O) groups excluding carboxylic acids is 1. The summed E-state index contributed by atoms with van der Waals surface area (Å²) in [6, 6.07) is 0. The summed E-state index contributed by atoms with van der Waals surface area (Å²) in [5, 5.41) is 7.94. The number of hydrogen-bond donors (Lipinski definition) is 2. The lowest BCUT2D eigenvalue weighted by molar-refractivity contribution is 0.124. The van der Waals surface area contributed by atoms with E-state index in [-0.39, 0.29) is 0 Å². The van der Waals surface area contributed by atoms with Crippen molar-refractivity contribution in [3.05, 3.63) is 29.1 Å². The largest absolute Gasteiger partial charge is 0.436 e. The van der Waals surface area contributed by atoms with Crippen LogP contribution in [0.15, 0.2) is 0 Å². The van der Waals surface area contributed by atoms with Crippen LogP contribution in [0, 0.1) is 29.1 Å². The van der Waals surface area contributed by atoms with Gasteiger partial charge in [0.25, 0.3) is 0 Å². The molecule has 1 aromatic carbocycles. The molecule has 0 fully saturated rings. The standard InChI is InChI=1S/C7H2F5NO3/c8-1-2(9)4(11)6(5(12)3(1)10)16-7(14)13-15/h15H,(H,13,14). The predicted molar refractivity (Wildman–Crippen MR) is 37.2 cm³/mol. The van der Waals surface area contributed by atoms with E-state index in [0.29, 0.717) is 0 Å². The van der Waals surface area contributed by atoms with Crippen molar-refractivity contribution in [3.8, 4) is 5.75 Å². The highest BCUT2D eigenvalue weighted by atomic mass is 19.2. The minimum Gasteiger partial charge on any atom is -0.402 e. The van der Waals surface area contributed by atoms with E-state index in [1.165, 1.54) is 0 Å². The number of hydroxylamine groups is 1. The highest BCUT2D eigenvalue weighted by Gasteiger charge is 2.28. The maximum atomic E-state index is 12.8. The first-order valence-corrected chi connectivity index (χ1v) is 3.53. The molecule has 0 aliphatic heterocycles. The number of halogens is 5. The van der Waals surface area contributed by atoms with E-state index in [2.05, 4.69) is 4.74 Å². The third-order valence-corrected chi connectivity index (χ3v) is 1.46. The summed E-state index contributed by atoms with van der Waals surface area (Å²) in [4.78, 5) is 10.3. The first kappa shape index (κ1) is 12.2. The van der Waals surface area contributed by atoms with Crippen LogP contribution in [-0.4, -0.2) is 11.3 Å². The van der Waals surface area contributed by atoms with E-state index in [4.69, 9.17) is 5.21 Å². The topological polar surface area (TPSA) is 58.6 Å². The van der Waals surface area contributed by atoms with Gasteiger partial charge < -0.3 is 4.74 Å². The second-order valence-electron chi connectivity index (χ2n) is 2.40. The number of nitrogens with one attached hydrogen (secondary N) is 1. The second kappa shape index (κ2) is 4.31. The van der Waals surface area contributed by atoms with Crippen molar-refractivity contribution in [2.45, 2.75) is 0 Å². The average molecular weight is 243 g/mol. The molecule has 2 N–H and O–H groups in total. The Labute approximate surface area is 84.2 Å². The SMILES string of the molecule is O=C(NO)Oc1c(F)c(F)c(F)c(F)c1F. The monoisotopic (exact) mass is 243 g/mol. The smallest absolute Gasteiger partial charge is 0.402 e. The van der Waals surface area contributed by atoms with Crippen LogP contribution >= 0.6 is 0 Å². The van der Waals surface area contributed by atoms with Crippen molar-refractivity contribution in [2.24, 2.45) is 0 Å². The van der Waals surface area contributed by atoms with Gasteiger partial charge in [-0.05, 0) is 0 Å².